The second kappa shape index (κ2) is 6.65. The van der Waals surface area contributed by atoms with Gasteiger partial charge in [0.1, 0.15) is 0 Å². The number of methoxy groups -OCH3 is 1. The van der Waals surface area contributed by atoms with Crippen molar-refractivity contribution in [3.8, 4) is 0 Å². The molecule has 82 valence electrons. The summed E-state index contributed by atoms with van der Waals surface area (Å²) in [6, 6.07) is 0. The molecule has 1 fully saturated rings. The number of hydrogen-bond acceptors (Lipinski definition) is 3. The van der Waals surface area contributed by atoms with Crippen LogP contribution in [0.4, 0.5) is 4.79 Å². The number of carbonyl (C=O) groups excluding carboxylic acids is 1. The smallest absolute Gasteiger partial charge is 0.406 e. The van der Waals surface area contributed by atoms with Gasteiger partial charge in [-0.05, 0) is 38.9 Å². The van der Waals surface area contributed by atoms with Crippen LogP contribution in [0.1, 0.15) is 25.7 Å². The van der Waals surface area contributed by atoms with Gasteiger partial charge in [-0.2, -0.15) is 0 Å². The first-order chi connectivity index (χ1) is 6.83. The van der Waals surface area contributed by atoms with Gasteiger partial charge < -0.3 is 15.0 Å². The van der Waals surface area contributed by atoms with Gasteiger partial charge in [-0.1, -0.05) is 6.42 Å². The molecule has 0 aliphatic carbocycles. The third kappa shape index (κ3) is 4.46. The highest BCUT2D eigenvalue weighted by Crippen LogP contribution is 2.08. The third-order valence-electron chi connectivity index (χ3n) is 2.55. The number of carbonyl (C=O) groups is 1. The fraction of sp³-hybridized carbons (Fsp3) is 0.900. The van der Waals surface area contributed by atoms with Crippen LogP contribution in [0.3, 0.4) is 0 Å². The van der Waals surface area contributed by atoms with E-state index in [1.54, 1.807) is 0 Å². The van der Waals surface area contributed by atoms with Gasteiger partial charge in [-0.3, -0.25) is 0 Å². The Kier molecular flexibility index (Phi) is 5.37. The summed E-state index contributed by atoms with van der Waals surface area (Å²) >= 11 is 0. The summed E-state index contributed by atoms with van der Waals surface area (Å²) in [7, 11) is 1.39. The van der Waals surface area contributed by atoms with Crippen molar-refractivity contribution in [2.45, 2.75) is 25.7 Å². The van der Waals surface area contributed by atoms with Crippen molar-refractivity contribution in [2.24, 2.45) is 0 Å². The molecule has 1 heterocycles. The maximum Gasteiger partial charge on any atom is 0.406 e. The van der Waals surface area contributed by atoms with E-state index in [1.807, 2.05) is 0 Å². The highest BCUT2D eigenvalue weighted by molar-refractivity contribution is 5.66. The minimum absolute atomic E-state index is 0.330. The van der Waals surface area contributed by atoms with E-state index in [1.165, 1.54) is 39.5 Å². The van der Waals surface area contributed by atoms with Crippen LogP contribution in [0.25, 0.3) is 0 Å². The van der Waals surface area contributed by atoms with Crippen molar-refractivity contribution >= 4 is 6.09 Å². The normalized spacial score (nSPS) is 17.8. The second-order valence-corrected chi connectivity index (χ2v) is 3.67. The predicted molar refractivity (Wildman–Crippen MR) is 55.3 cm³/mol. The first kappa shape index (κ1) is 11.3. The molecule has 1 amide bonds. The Morgan fingerprint density at radius 1 is 1.36 bits per heavy atom. The van der Waals surface area contributed by atoms with Gasteiger partial charge in [0.15, 0.2) is 0 Å². The number of amides is 1. The Balaban J connectivity index is 1.94. The number of alkyl carbamates (subject to hydrolysis) is 1. The van der Waals surface area contributed by atoms with Crippen molar-refractivity contribution in [1.82, 2.24) is 10.2 Å². The van der Waals surface area contributed by atoms with Crippen molar-refractivity contribution in [3.63, 3.8) is 0 Å². The number of piperidine rings is 1. The lowest BCUT2D eigenvalue weighted by Crippen LogP contribution is -2.33. The summed E-state index contributed by atoms with van der Waals surface area (Å²) in [5.41, 5.74) is 0. The van der Waals surface area contributed by atoms with Crippen molar-refractivity contribution in [1.29, 1.82) is 0 Å². The number of likely N-dealkylation sites (tertiary alicyclic amines) is 1. The molecule has 1 aliphatic heterocycles. The summed E-state index contributed by atoms with van der Waals surface area (Å²) in [5.74, 6) is 0. The van der Waals surface area contributed by atoms with E-state index in [-0.39, 0.29) is 6.09 Å². The molecule has 1 saturated heterocycles. The SMILES string of the molecule is COC(=O)NCCCN1CCCCC1. The number of ether oxygens (including phenoxy) is 1. The Morgan fingerprint density at radius 3 is 2.71 bits per heavy atom. The topological polar surface area (TPSA) is 41.6 Å². The van der Waals surface area contributed by atoms with Gasteiger partial charge in [0.05, 0.1) is 7.11 Å². The Morgan fingerprint density at radius 2 is 2.07 bits per heavy atom. The van der Waals surface area contributed by atoms with E-state index in [0.29, 0.717) is 6.54 Å². The lowest BCUT2D eigenvalue weighted by molar-refractivity contribution is 0.169. The van der Waals surface area contributed by atoms with E-state index in [0.717, 1.165) is 13.0 Å². The molecule has 4 heteroatoms. The molecule has 1 N–H and O–H groups in total. The van der Waals surface area contributed by atoms with Crippen molar-refractivity contribution in [3.05, 3.63) is 0 Å². The van der Waals surface area contributed by atoms with Crippen LogP contribution in [0.5, 0.6) is 0 Å². The average Bonchev–Trinajstić information content (AvgIpc) is 2.25. The number of hydrogen-bond donors (Lipinski definition) is 1. The van der Waals surface area contributed by atoms with Crippen LogP contribution >= 0.6 is 0 Å². The molecule has 0 radical (unpaired) electrons. The van der Waals surface area contributed by atoms with Crippen LogP contribution in [0.15, 0.2) is 0 Å². The Bertz CT molecular complexity index is 168. The fourth-order valence-corrected chi connectivity index (χ4v) is 1.75. The van der Waals surface area contributed by atoms with Crippen LogP contribution in [0, 0.1) is 0 Å². The van der Waals surface area contributed by atoms with Gasteiger partial charge in [0.25, 0.3) is 0 Å². The zero-order valence-corrected chi connectivity index (χ0v) is 8.92. The fourth-order valence-electron chi connectivity index (χ4n) is 1.75. The minimum atomic E-state index is -0.330. The highest BCUT2D eigenvalue weighted by atomic mass is 16.5. The summed E-state index contributed by atoms with van der Waals surface area (Å²) in [6.45, 7) is 4.24. The maximum absolute atomic E-state index is 10.7. The third-order valence-corrected chi connectivity index (χ3v) is 2.55. The number of nitrogens with zero attached hydrogens (tertiary/aromatic N) is 1. The standard InChI is InChI=1S/C10H20N2O2/c1-14-10(13)11-6-5-9-12-7-3-2-4-8-12/h2-9H2,1H3,(H,11,13). The summed E-state index contributed by atoms with van der Waals surface area (Å²) < 4.78 is 4.48. The molecular weight excluding hydrogens is 180 g/mol. The quantitative estimate of drug-likeness (QED) is 0.694. The summed E-state index contributed by atoms with van der Waals surface area (Å²) in [6.07, 6.45) is 4.70. The Hall–Kier alpha value is -0.770. The van der Waals surface area contributed by atoms with Crippen molar-refractivity contribution < 1.29 is 9.53 Å². The lowest BCUT2D eigenvalue weighted by Gasteiger charge is -2.26. The predicted octanol–water partition coefficient (Wildman–Crippen LogP) is 1.22. The van der Waals surface area contributed by atoms with Crippen LogP contribution < -0.4 is 5.32 Å². The Labute approximate surface area is 85.6 Å². The monoisotopic (exact) mass is 200 g/mol. The molecule has 0 spiro atoms. The average molecular weight is 200 g/mol. The molecule has 0 saturated carbocycles. The first-order valence-electron chi connectivity index (χ1n) is 5.37. The van der Waals surface area contributed by atoms with E-state index in [2.05, 4.69) is 15.0 Å². The summed E-state index contributed by atoms with van der Waals surface area (Å²) in [5, 5.41) is 2.68. The summed E-state index contributed by atoms with van der Waals surface area (Å²) in [4.78, 5) is 13.2. The van der Waals surface area contributed by atoms with Crippen LogP contribution in [-0.4, -0.2) is 44.3 Å². The largest absolute Gasteiger partial charge is 0.453 e. The zero-order chi connectivity index (χ0) is 10.2. The molecule has 4 nitrogen and oxygen atoms in total. The molecule has 0 bridgehead atoms. The zero-order valence-electron chi connectivity index (χ0n) is 8.92. The molecule has 1 aliphatic rings. The molecular formula is C10H20N2O2. The van der Waals surface area contributed by atoms with Crippen LogP contribution in [-0.2, 0) is 4.74 Å². The highest BCUT2D eigenvalue weighted by Gasteiger charge is 2.08. The molecule has 0 aromatic heterocycles. The van der Waals surface area contributed by atoms with Crippen LogP contribution in [0.2, 0.25) is 0 Å². The molecule has 14 heavy (non-hydrogen) atoms. The number of nitrogens with one attached hydrogen (secondary N) is 1. The van der Waals surface area contributed by atoms with E-state index in [4.69, 9.17) is 0 Å². The molecule has 0 unspecified atom stereocenters. The lowest BCUT2D eigenvalue weighted by atomic mass is 10.1. The van der Waals surface area contributed by atoms with E-state index >= 15 is 0 Å². The molecule has 0 aromatic carbocycles. The van der Waals surface area contributed by atoms with Gasteiger partial charge in [-0.25, -0.2) is 4.79 Å². The van der Waals surface area contributed by atoms with E-state index < -0.39 is 0 Å². The van der Waals surface area contributed by atoms with Gasteiger partial charge in [0.2, 0.25) is 0 Å². The minimum Gasteiger partial charge on any atom is -0.453 e. The van der Waals surface area contributed by atoms with Gasteiger partial charge in [0, 0.05) is 6.54 Å². The van der Waals surface area contributed by atoms with Gasteiger partial charge >= 0.3 is 6.09 Å². The first-order valence-corrected chi connectivity index (χ1v) is 5.37. The van der Waals surface area contributed by atoms with Crippen molar-refractivity contribution in [2.75, 3.05) is 33.3 Å². The second-order valence-electron chi connectivity index (χ2n) is 3.67. The van der Waals surface area contributed by atoms with E-state index in [9.17, 15) is 4.79 Å². The number of rotatable bonds is 4. The molecule has 0 aromatic rings. The molecule has 0 atom stereocenters. The molecule has 1 rings (SSSR count). The van der Waals surface area contributed by atoms with Gasteiger partial charge in [-0.15, -0.1) is 0 Å². The maximum atomic E-state index is 10.7.